The molecule has 2 atom stereocenters. The first-order chi connectivity index (χ1) is 11.5. The molecule has 2 amide bonds. The van der Waals surface area contributed by atoms with Crippen LogP contribution in [0, 0.1) is 11.8 Å². The van der Waals surface area contributed by atoms with Crippen molar-refractivity contribution in [1.29, 1.82) is 0 Å². The van der Waals surface area contributed by atoms with Crippen LogP contribution in [0.1, 0.15) is 32.1 Å². The number of nitrogens with one attached hydrogen (secondary N) is 1. The van der Waals surface area contributed by atoms with Crippen LogP contribution >= 0.6 is 11.6 Å². The molecule has 2 unspecified atom stereocenters. The summed E-state index contributed by atoms with van der Waals surface area (Å²) in [6.45, 7) is 1.27. The number of hydrogen-bond acceptors (Lipinski definition) is 4. The molecular formula is C17H23ClN4O2. The second-order valence-electron chi connectivity index (χ2n) is 6.72. The molecule has 1 saturated heterocycles. The Labute approximate surface area is 146 Å². The molecule has 2 fully saturated rings. The lowest BCUT2D eigenvalue weighted by atomic mass is 9.94. The molecule has 6 nitrogen and oxygen atoms in total. The smallest absolute Gasteiger partial charge is 0.228 e. The average Bonchev–Trinajstić information content (AvgIpc) is 3.03. The van der Waals surface area contributed by atoms with Gasteiger partial charge in [-0.25, -0.2) is 4.98 Å². The third-order valence-corrected chi connectivity index (χ3v) is 5.20. The molecule has 3 N–H and O–H groups in total. The van der Waals surface area contributed by atoms with Gasteiger partial charge in [0.15, 0.2) is 0 Å². The van der Waals surface area contributed by atoms with Crippen LogP contribution in [-0.2, 0) is 9.59 Å². The number of halogens is 1. The summed E-state index contributed by atoms with van der Waals surface area (Å²) < 4.78 is 0. The molecule has 2 aliphatic rings. The number of nitrogens with two attached hydrogens (primary N) is 1. The topological polar surface area (TPSA) is 88.3 Å². The number of rotatable bonds is 3. The second-order valence-corrected chi connectivity index (χ2v) is 7.16. The number of pyridine rings is 1. The number of carbonyl (C=O) groups excluding carboxylic acids is 2. The summed E-state index contributed by atoms with van der Waals surface area (Å²) >= 11 is 5.78. The van der Waals surface area contributed by atoms with Crippen molar-refractivity contribution in [2.75, 3.05) is 18.4 Å². The molecule has 7 heteroatoms. The number of hydrogen-bond donors (Lipinski definition) is 2. The lowest BCUT2D eigenvalue weighted by Gasteiger charge is -2.33. The van der Waals surface area contributed by atoms with E-state index in [1.54, 1.807) is 12.1 Å². The van der Waals surface area contributed by atoms with Gasteiger partial charge >= 0.3 is 0 Å². The first-order valence-electron chi connectivity index (χ1n) is 8.49. The maximum atomic E-state index is 12.5. The third kappa shape index (κ3) is 4.05. The Bertz CT molecular complexity index is 599. The van der Waals surface area contributed by atoms with E-state index in [2.05, 4.69) is 10.3 Å². The standard InChI is InChI=1S/C17H23ClN4O2/c18-13-2-4-15(20-10-13)21-16(23)11-5-7-22(8-6-11)17(24)12-1-3-14(19)9-12/h2,4,10-12,14H,1,3,5-9,19H2,(H,20,21,23). The van der Waals surface area contributed by atoms with Gasteiger partial charge in [0.25, 0.3) is 0 Å². The summed E-state index contributed by atoms with van der Waals surface area (Å²) in [6, 6.07) is 3.54. The van der Waals surface area contributed by atoms with Crippen LogP contribution < -0.4 is 11.1 Å². The van der Waals surface area contributed by atoms with E-state index in [9.17, 15) is 9.59 Å². The van der Waals surface area contributed by atoms with E-state index < -0.39 is 0 Å². The van der Waals surface area contributed by atoms with Crippen LogP contribution in [0.5, 0.6) is 0 Å². The minimum absolute atomic E-state index is 0.0418. The Morgan fingerprint density at radius 3 is 2.50 bits per heavy atom. The molecule has 0 aromatic carbocycles. The highest BCUT2D eigenvalue weighted by Crippen LogP contribution is 2.28. The van der Waals surface area contributed by atoms with Crippen molar-refractivity contribution in [2.45, 2.75) is 38.1 Å². The van der Waals surface area contributed by atoms with E-state index in [4.69, 9.17) is 17.3 Å². The van der Waals surface area contributed by atoms with Crippen molar-refractivity contribution in [3.8, 4) is 0 Å². The summed E-state index contributed by atoms with van der Waals surface area (Å²) in [5.74, 6) is 0.657. The van der Waals surface area contributed by atoms with Gasteiger partial charge in [-0.2, -0.15) is 0 Å². The van der Waals surface area contributed by atoms with Gasteiger partial charge in [-0.15, -0.1) is 0 Å². The number of carbonyl (C=O) groups is 2. The lowest BCUT2D eigenvalue weighted by Crippen LogP contribution is -2.43. The number of amides is 2. The Balaban J connectivity index is 1.48. The summed E-state index contributed by atoms with van der Waals surface area (Å²) in [5.41, 5.74) is 5.90. The fraction of sp³-hybridized carbons (Fsp3) is 0.588. The first kappa shape index (κ1) is 17.2. The Kier molecular flexibility index (Phi) is 5.36. The highest BCUT2D eigenvalue weighted by Gasteiger charge is 2.34. The quantitative estimate of drug-likeness (QED) is 0.873. The first-order valence-corrected chi connectivity index (χ1v) is 8.87. The Morgan fingerprint density at radius 2 is 1.92 bits per heavy atom. The van der Waals surface area contributed by atoms with Crippen molar-refractivity contribution < 1.29 is 9.59 Å². The molecule has 0 spiro atoms. The monoisotopic (exact) mass is 350 g/mol. The highest BCUT2D eigenvalue weighted by molar-refractivity contribution is 6.30. The normalized spacial score (nSPS) is 24.8. The van der Waals surface area contributed by atoms with Crippen molar-refractivity contribution in [3.05, 3.63) is 23.4 Å². The van der Waals surface area contributed by atoms with Gasteiger partial charge < -0.3 is 16.0 Å². The van der Waals surface area contributed by atoms with Gasteiger partial charge in [0.05, 0.1) is 5.02 Å². The lowest BCUT2D eigenvalue weighted by molar-refractivity contribution is -0.138. The van der Waals surface area contributed by atoms with Crippen LogP contribution in [0.25, 0.3) is 0 Å². The predicted octanol–water partition coefficient (Wildman–Crippen LogP) is 2.04. The number of anilines is 1. The summed E-state index contributed by atoms with van der Waals surface area (Å²) in [7, 11) is 0. The van der Waals surface area contributed by atoms with Crippen molar-refractivity contribution in [2.24, 2.45) is 17.6 Å². The molecule has 1 aliphatic heterocycles. The van der Waals surface area contributed by atoms with Crippen LogP contribution in [0.3, 0.4) is 0 Å². The van der Waals surface area contributed by atoms with E-state index in [1.165, 1.54) is 6.20 Å². The minimum atomic E-state index is -0.0858. The van der Waals surface area contributed by atoms with Crippen molar-refractivity contribution >= 4 is 29.2 Å². The molecule has 130 valence electrons. The van der Waals surface area contributed by atoms with Gasteiger partial charge in [-0.05, 0) is 44.2 Å². The molecule has 1 saturated carbocycles. The fourth-order valence-electron chi connectivity index (χ4n) is 3.54. The molecule has 24 heavy (non-hydrogen) atoms. The number of aromatic nitrogens is 1. The number of nitrogens with zero attached hydrogens (tertiary/aromatic N) is 2. The van der Waals surface area contributed by atoms with E-state index in [1.807, 2.05) is 4.90 Å². The zero-order chi connectivity index (χ0) is 17.1. The fourth-order valence-corrected chi connectivity index (χ4v) is 3.65. The molecule has 0 radical (unpaired) electrons. The van der Waals surface area contributed by atoms with E-state index >= 15 is 0 Å². The van der Waals surface area contributed by atoms with Gasteiger partial charge in [0.1, 0.15) is 5.82 Å². The highest BCUT2D eigenvalue weighted by atomic mass is 35.5. The zero-order valence-electron chi connectivity index (χ0n) is 13.6. The predicted molar refractivity (Wildman–Crippen MR) is 92.5 cm³/mol. The molecular weight excluding hydrogens is 328 g/mol. The van der Waals surface area contributed by atoms with Crippen molar-refractivity contribution in [3.63, 3.8) is 0 Å². The molecule has 2 heterocycles. The minimum Gasteiger partial charge on any atom is -0.342 e. The van der Waals surface area contributed by atoms with Gasteiger partial charge in [-0.1, -0.05) is 11.6 Å². The summed E-state index contributed by atoms with van der Waals surface area (Å²) in [5, 5.41) is 3.35. The Morgan fingerprint density at radius 1 is 1.17 bits per heavy atom. The van der Waals surface area contributed by atoms with Crippen LogP contribution in [0.15, 0.2) is 18.3 Å². The van der Waals surface area contributed by atoms with E-state index in [-0.39, 0.29) is 29.7 Å². The van der Waals surface area contributed by atoms with E-state index in [0.29, 0.717) is 36.8 Å². The molecule has 1 aromatic heterocycles. The van der Waals surface area contributed by atoms with Crippen molar-refractivity contribution in [1.82, 2.24) is 9.88 Å². The van der Waals surface area contributed by atoms with Gasteiger partial charge in [0, 0.05) is 37.2 Å². The maximum Gasteiger partial charge on any atom is 0.228 e. The molecule has 1 aliphatic carbocycles. The maximum absolute atomic E-state index is 12.5. The number of likely N-dealkylation sites (tertiary alicyclic amines) is 1. The van der Waals surface area contributed by atoms with Crippen LogP contribution in [-0.4, -0.2) is 40.8 Å². The second kappa shape index (κ2) is 7.49. The summed E-state index contributed by atoms with van der Waals surface area (Å²) in [6.07, 6.45) is 5.49. The molecule has 0 bridgehead atoms. The van der Waals surface area contributed by atoms with E-state index in [0.717, 1.165) is 19.3 Å². The van der Waals surface area contributed by atoms with Crippen LogP contribution in [0.4, 0.5) is 5.82 Å². The molecule has 1 aromatic rings. The Hall–Kier alpha value is -1.66. The number of piperidine rings is 1. The largest absolute Gasteiger partial charge is 0.342 e. The molecule has 3 rings (SSSR count). The van der Waals surface area contributed by atoms with Gasteiger partial charge in [0.2, 0.25) is 11.8 Å². The van der Waals surface area contributed by atoms with Crippen LogP contribution in [0.2, 0.25) is 5.02 Å². The van der Waals surface area contributed by atoms with Gasteiger partial charge in [-0.3, -0.25) is 9.59 Å². The summed E-state index contributed by atoms with van der Waals surface area (Å²) in [4.78, 5) is 30.8. The zero-order valence-corrected chi connectivity index (χ0v) is 14.3. The third-order valence-electron chi connectivity index (χ3n) is 4.98. The average molecular weight is 351 g/mol. The SMILES string of the molecule is NC1CCC(C(=O)N2CCC(C(=O)Nc3ccc(Cl)cn3)CC2)C1.